The maximum atomic E-state index is 10.5. The lowest BCUT2D eigenvalue weighted by Crippen LogP contribution is -2.40. The van der Waals surface area contributed by atoms with Crippen molar-refractivity contribution in [2.75, 3.05) is 0 Å². The Morgan fingerprint density at radius 1 is 1.77 bits per heavy atom. The van der Waals surface area contributed by atoms with Crippen molar-refractivity contribution in [3.63, 3.8) is 0 Å². The summed E-state index contributed by atoms with van der Waals surface area (Å²) in [5, 5.41) is 10.6. The molecule has 13 heavy (non-hydrogen) atoms. The predicted molar refractivity (Wildman–Crippen MR) is 52.9 cm³/mol. The van der Waals surface area contributed by atoms with Gasteiger partial charge >= 0.3 is 5.97 Å². The molecule has 0 spiro atoms. The van der Waals surface area contributed by atoms with E-state index in [1.54, 1.807) is 18.3 Å². The van der Waals surface area contributed by atoms with Crippen LogP contribution >= 0.6 is 11.3 Å². The fourth-order valence-corrected chi connectivity index (χ4v) is 2.12. The molecule has 1 heterocycles. The first-order valence-electron chi connectivity index (χ1n) is 4.03. The lowest BCUT2D eigenvalue weighted by Gasteiger charge is -2.21. The van der Waals surface area contributed by atoms with Crippen LogP contribution in [0.4, 0.5) is 0 Å². The van der Waals surface area contributed by atoms with Gasteiger partial charge in [0.05, 0.1) is 6.42 Å². The Hall–Kier alpha value is -0.870. The number of nitrogens with two attached hydrogens (primary N) is 1. The highest BCUT2D eigenvalue weighted by Crippen LogP contribution is 2.18. The second kappa shape index (κ2) is 3.89. The van der Waals surface area contributed by atoms with Crippen molar-refractivity contribution in [1.82, 2.24) is 0 Å². The number of rotatable bonds is 4. The molecule has 0 aliphatic heterocycles. The Balaban J connectivity index is 2.56. The molecule has 0 saturated heterocycles. The number of hydrogen-bond acceptors (Lipinski definition) is 3. The highest BCUT2D eigenvalue weighted by Gasteiger charge is 2.22. The molecule has 1 rings (SSSR count). The molecular formula is C9H13NO2S. The molecule has 4 heteroatoms. The Kier molecular flexibility index (Phi) is 3.06. The molecule has 1 aromatic heterocycles. The van der Waals surface area contributed by atoms with Crippen LogP contribution in [-0.2, 0) is 11.2 Å². The predicted octanol–water partition coefficient (Wildman–Crippen LogP) is 1.48. The van der Waals surface area contributed by atoms with E-state index in [0.29, 0.717) is 6.42 Å². The summed E-state index contributed by atoms with van der Waals surface area (Å²) in [5.41, 5.74) is 5.19. The SMILES string of the molecule is CC(N)(CC(=O)O)Cc1cccs1. The van der Waals surface area contributed by atoms with Gasteiger partial charge in [-0.25, -0.2) is 0 Å². The van der Waals surface area contributed by atoms with Gasteiger partial charge in [-0.1, -0.05) is 6.07 Å². The van der Waals surface area contributed by atoms with Crippen molar-refractivity contribution in [3.8, 4) is 0 Å². The molecule has 3 nitrogen and oxygen atoms in total. The van der Waals surface area contributed by atoms with Gasteiger partial charge in [0.2, 0.25) is 0 Å². The van der Waals surface area contributed by atoms with Crippen LogP contribution in [0, 0.1) is 0 Å². The largest absolute Gasteiger partial charge is 0.481 e. The summed E-state index contributed by atoms with van der Waals surface area (Å²) in [6.07, 6.45) is 0.627. The van der Waals surface area contributed by atoms with Crippen LogP contribution < -0.4 is 5.73 Å². The van der Waals surface area contributed by atoms with Crippen LogP contribution in [0.25, 0.3) is 0 Å². The monoisotopic (exact) mass is 199 g/mol. The van der Waals surface area contributed by atoms with Crippen LogP contribution in [-0.4, -0.2) is 16.6 Å². The molecule has 0 radical (unpaired) electrons. The lowest BCUT2D eigenvalue weighted by molar-refractivity contribution is -0.138. The van der Waals surface area contributed by atoms with E-state index in [-0.39, 0.29) is 6.42 Å². The van der Waals surface area contributed by atoms with Crippen molar-refractivity contribution in [3.05, 3.63) is 22.4 Å². The van der Waals surface area contributed by atoms with E-state index < -0.39 is 11.5 Å². The zero-order valence-electron chi connectivity index (χ0n) is 7.49. The second-order valence-corrected chi connectivity index (χ2v) is 4.51. The van der Waals surface area contributed by atoms with E-state index in [1.165, 1.54) is 0 Å². The molecule has 0 saturated carbocycles. The molecule has 0 aliphatic rings. The molecule has 72 valence electrons. The van der Waals surface area contributed by atoms with Crippen molar-refractivity contribution in [2.45, 2.75) is 25.3 Å². The van der Waals surface area contributed by atoms with E-state index in [1.807, 2.05) is 17.5 Å². The molecule has 1 aromatic rings. The van der Waals surface area contributed by atoms with Crippen molar-refractivity contribution in [1.29, 1.82) is 0 Å². The summed E-state index contributed by atoms with van der Waals surface area (Å²) in [6.45, 7) is 1.76. The van der Waals surface area contributed by atoms with Crippen LogP contribution in [0.5, 0.6) is 0 Å². The maximum absolute atomic E-state index is 10.5. The molecular weight excluding hydrogens is 186 g/mol. The zero-order chi connectivity index (χ0) is 9.90. The van der Waals surface area contributed by atoms with E-state index in [0.717, 1.165) is 4.88 Å². The van der Waals surface area contributed by atoms with E-state index >= 15 is 0 Å². The fourth-order valence-electron chi connectivity index (χ4n) is 1.22. The highest BCUT2D eigenvalue weighted by molar-refractivity contribution is 7.09. The van der Waals surface area contributed by atoms with Gasteiger partial charge in [0.1, 0.15) is 0 Å². The van der Waals surface area contributed by atoms with Gasteiger partial charge in [-0.3, -0.25) is 4.79 Å². The summed E-state index contributed by atoms with van der Waals surface area (Å²) in [7, 11) is 0. The van der Waals surface area contributed by atoms with E-state index in [2.05, 4.69) is 0 Å². The third-order valence-corrected chi connectivity index (χ3v) is 2.59. The first-order valence-corrected chi connectivity index (χ1v) is 4.91. The number of thiophene rings is 1. The summed E-state index contributed by atoms with van der Waals surface area (Å²) in [5.74, 6) is -0.846. The van der Waals surface area contributed by atoms with Gasteiger partial charge in [0.15, 0.2) is 0 Å². The minimum absolute atomic E-state index is 0.00486. The third-order valence-electron chi connectivity index (χ3n) is 1.71. The normalized spacial score (nSPS) is 15.2. The maximum Gasteiger partial charge on any atom is 0.305 e. The van der Waals surface area contributed by atoms with Gasteiger partial charge in [0.25, 0.3) is 0 Å². The topological polar surface area (TPSA) is 63.3 Å². The molecule has 1 unspecified atom stereocenters. The average molecular weight is 199 g/mol. The third kappa shape index (κ3) is 3.57. The first-order chi connectivity index (χ1) is 5.99. The Labute approximate surface area is 81.2 Å². The minimum Gasteiger partial charge on any atom is -0.481 e. The number of carboxylic acid groups (broad SMARTS) is 1. The molecule has 0 amide bonds. The summed E-state index contributed by atoms with van der Waals surface area (Å²) in [4.78, 5) is 11.6. The molecule has 0 bridgehead atoms. The fraction of sp³-hybridized carbons (Fsp3) is 0.444. The van der Waals surface area contributed by atoms with E-state index in [4.69, 9.17) is 10.8 Å². The summed E-state index contributed by atoms with van der Waals surface area (Å²) in [6, 6.07) is 3.91. The second-order valence-electron chi connectivity index (χ2n) is 3.48. The average Bonchev–Trinajstić information content (AvgIpc) is 2.34. The first kappa shape index (κ1) is 10.2. The van der Waals surface area contributed by atoms with Gasteiger partial charge < -0.3 is 10.8 Å². The molecule has 0 aliphatic carbocycles. The highest BCUT2D eigenvalue weighted by atomic mass is 32.1. The van der Waals surface area contributed by atoms with Gasteiger partial charge in [-0.2, -0.15) is 0 Å². The van der Waals surface area contributed by atoms with Crippen LogP contribution in [0.2, 0.25) is 0 Å². The lowest BCUT2D eigenvalue weighted by atomic mass is 9.94. The molecule has 0 aromatic carbocycles. The minimum atomic E-state index is -0.846. The number of aliphatic carboxylic acids is 1. The number of carboxylic acids is 1. The van der Waals surface area contributed by atoms with Gasteiger partial charge in [-0.15, -0.1) is 11.3 Å². The van der Waals surface area contributed by atoms with Crippen molar-refractivity contribution in [2.24, 2.45) is 5.73 Å². The molecule has 3 N–H and O–H groups in total. The van der Waals surface area contributed by atoms with Crippen molar-refractivity contribution >= 4 is 17.3 Å². The van der Waals surface area contributed by atoms with Gasteiger partial charge in [-0.05, 0) is 18.4 Å². The van der Waals surface area contributed by atoms with Crippen LogP contribution in [0.1, 0.15) is 18.2 Å². The van der Waals surface area contributed by atoms with Gasteiger partial charge in [0, 0.05) is 16.8 Å². The quantitative estimate of drug-likeness (QED) is 0.772. The zero-order valence-corrected chi connectivity index (χ0v) is 8.30. The van der Waals surface area contributed by atoms with Crippen LogP contribution in [0.15, 0.2) is 17.5 Å². The standard InChI is InChI=1S/C9H13NO2S/c1-9(10,6-8(11)12)5-7-3-2-4-13-7/h2-4H,5-6,10H2,1H3,(H,11,12). The summed E-state index contributed by atoms with van der Waals surface area (Å²) >= 11 is 1.60. The molecule has 0 fully saturated rings. The number of carbonyl (C=O) groups is 1. The van der Waals surface area contributed by atoms with Crippen LogP contribution in [0.3, 0.4) is 0 Å². The Bertz CT molecular complexity index is 280. The molecule has 1 atom stereocenters. The Morgan fingerprint density at radius 3 is 2.92 bits per heavy atom. The Morgan fingerprint density at radius 2 is 2.46 bits per heavy atom. The smallest absolute Gasteiger partial charge is 0.305 e. The van der Waals surface area contributed by atoms with Crippen molar-refractivity contribution < 1.29 is 9.90 Å². The van der Waals surface area contributed by atoms with E-state index in [9.17, 15) is 4.79 Å². The summed E-state index contributed by atoms with van der Waals surface area (Å²) < 4.78 is 0. The number of hydrogen-bond donors (Lipinski definition) is 2.